The zero-order chi connectivity index (χ0) is 26.5. The summed E-state index contributed by atoms with van der Waals surface area (Å²) < 4.78 is 1.17. The maximum atomic E-state index is 12.8. The predicted octanol–water partition coefficient (Wildman–Crippen LogP) is 3.33. The van der Waals surface area contributed by atoms with Gasteiger partial charge in [0.15, 0.2) is 0 Å². The highest BCUT2D eigenvalue weighted by Crippen LogP contribution is 2.20. The Morgan fingerprint density at radius 1 is 0.921 bits per heavy atom. The predicted molar refractivity (Wildman–Crippen MR) is 151 cm³/mol. The van der Waals surface area contributed by atoms with Crippen LogP contribution in [0.5, 0.6) is 0 Å². The highest BCUT2D eigenvalue weighted by Gasteiger charge is 2.17. The summed E-state index contributed by atoms with van der Waals surface area (Å²) in [6.07, 6.45) is 0.870. The summed E-state index contributed by atoms with van der Waals surface area (Å²) in [7, 11) is 0. The summed E-state index contributed by atoms with van der Waals surface area (Å²) in [6.45, 7) is 5.52. The third kappa shape index (κ3) is 5.98. The Kier molecular flexibility index (Phi) is 7.91. The third-order valence-electron chi connectivity index (χ3n) is 6.93. The highest BCUT2D eigenvalue weighted by atomic mass is 35.5. The van der Waals surface area contributed by atoms with Crippen molar-refractivity contribution >= 4 is 34.1 Å². The fourth-order valence-electron chi connectivity index (χ4n) is 4.80. The second-order valence-corrected chi connectivity index (χ2v) is 9.92. The molecule has 0 spiro atoms. The van der Waals surface area contributed by atoms with Gasteiger partial charge in [0.05, 0.1) is 17.4 Å². The van der Waals surface area contributed by atoms with E-state index in [1.807, 2.05) is 18.2 Å². The first-order valence-electron chi connectivity index (χ1n) is 12.8. The van der Waals surface area contributed by atoms with Gasteiger partial charge in [0.1, 0.15) is 0 Å². The van der Waals surface area contributed by atoms with E-state index in [4.69, 9.17) is 11.6 Å². The maximum Gasteiger partial charge on any atom is 0.329 e. The molecule has 38 heavy (non-hydrogen) atoms. The molecule has 2 N–H and O–H groups in total. The monoisotopic (exact) mass is 531 g/mol. The average molecular weight is 532 g/mol. The molecule has 0 bridgehead atoms. The normalized spacial score (nSPS) is 14.1. The molecule has 0 atom stereocenters. The van der Waals surface area contributed by atoms with E-state index in [0.717, 1.165) is 55.4 Å². The van der Waals surface area contributed by atoms with Crippen LogP contribution in [-0.4, -0.2) is 59.6 Å². The van der Waals surface area contributed by atoms with E-state index in [2.05, 4.69) is 26.2 Å². The molecular formula is C29H30ClN5O3. The number of piperazine rings is 1. The number of hydrogen-bond acceptors (Lipinski definition) is 5. The molecule has 1 aromatic heterocycles. The molecule has 9 heteroatoms. The molecular weight excluding hydrogens is 502 g/mol. The second kappa shape index (κ2) is 11.7. The Morgan fingerprint density at radius 3 is 2.45 bits per heavy atom. The van der Waals surface area contributed by atoms with Crippen molar-refractivity contribution in [3.63, 3.8) is 0 Å². The molecule has 4 aromatic rings. The summed E-state index contributed by atoms with van der Waals surface area (Å²) in [6, 6.07) is 21.9. The van der Waals surface area contributed by atoms with E-state index in [0.29, 0.717) is 23.0 Å². The van der Waals surface area contributed by atoms with Gasteiger partial charge in [-0.3, -0.25) is 19.1 Å². The minimum absolute atomic E-state index is 0.130. The van der Waals surface area contributed by atoms with Gasteiger partial charge in [0.2, 0.25) is 0 Å². The Balaban J connectivity index is 1.08. The molecule has 1 amide bonds. The molecule has 1 aliphatic rings. The summed E-state index contributed by atoms with van der Waals surface area (Å²) in [4.78, 5) is 45.3. The Morgan fingerprint density at radius 2 is 1.68 bits per heavy atom. The number of H-pyrrole nitrogens is 1. The number of halogens is 1. The molecule has 196 valence electrons. The van der Waals surface area contributed by atoms with Crippen LogP contribution in [0.2, 0.25) is 5.02 Å². The number of anilines is 1. The summed E-state index contributed by atoms with van der Waals surface area (Å²) >= 11 is 6.12. The lowest BCUT2D eigenvalue weighted by molar-refractivity contribution is 0.0951. The fourth-order valence-corrected chi connectivity index (χ4v) is 4.98. The molecule has 2 heterocycles. The van der Waals surface area contributed by atoms with Crippen molar-refractivity contribution < 1.29 is 4.79 Å². The number of aromatic amines is 1. The van der Waals surface area contributed by atoms with E-state index in [-0.39, 0.29) is 18.0 Å². The molecule has 0 unspecified atom stereocenters. The molecule has 8 nitrogen and oxygen atoms in total. The van der Waals surface area contributed by atoms with Crippen molar-refractivity contribution in [3.8, 4) is 0 Å². The fraction of sp³-hybridized carbons (Fsp3) is 0.276. The van der Waals surface area contributed by atoms with Gasteiger partial charge in [-0.25, -0.2) is 4.79 Å². The number of nitrogens with zero attached hydrogens (tertiary/aromatic N) is 3. The van der Waals surface area contributed by atoms with Gasteiger partial charge >= 0.3 is 5.69 Å². The molecule has 1 aliphatic heterocycles. The van der Waals surface area contributed by atoms with Gasteiger partial charge in [-0.15, -0.1) is 0 Å². The van der Waals surface area contributed by atoms with Crippen LogP contribution in [0, 0.1) is 0 Å². The number of carbonyl (C=O) groups is 1. The van der Waals surface area contributed by atoms with Crippen molar-refractivity contribution in [2.45, 2.75) is 13.0 Å². The lowest BCUT2D eigenvalue weighted by Crippen LogP contribution is -2.47. The lowest BCUT2D eigenvalue weighted by Gasteiger charge is -2.36. The number of fused-ring (bicyclic) bond motifs is 1. The number of para-hydroxylation sites is 1. The molecule has 3 aromatic carbocycles. The maximum absolute atomic E-state index is 12.8. The van der Waals surface area contributed by atoms with Crippen LogP contribution >= 0.6 is 11.6 Å². The molecule has 1 fully saturated rings. The standard InChI is InChI=1S/C29H30ClN5O3/c30-23-5-3-6-24(19-23)34-17-15-33(16-18-34)14-4-13-31-27(36)22-11-9-21(10-12-22)20-35-28(37)25-7-1-2-8-26(25)32-29(35)38/h1-3,5-12,19H,4,13-18,20H2,(H,31,36)(H,32,38). The number of hydrogen-bond donors (Lipinski definition) is 2. The van der Waals surface area contributed by atoms with Gasteiger partial charge in [0.25, 0.3) is 11.5 Å². The zero-order valence-electron chi connectivity index (χ0n) is 21.0. The second-order valence-electron chi connectivity index (χ2n) is 9.48. The number of rotatable bonds is 8. The first-order valence-corrected chi connectivity index (χ1v) is 13.2. The van der Waals surface area contributed by atoms with Crippen LogP contribution < -0.4 is 21.5 Å². The molecule has 0 radical (unpaired) electrons. The largest absolute Gasteiger partial charge is 0.369 e. The Labute approximate surface area is 225 Å². The van der Waals surface area contributed by atoms with Gasteiger partial charge in [0, 0.05) is 49.0 Å². The Bertz CT molecular complexity index is 1540. The van der Waals surface area contributed by atoms with Gasteiger partial charge in [-0.1, -0.05) is 41.9 Å². The third-order valence-corrected chi connectivity index (χ3v) is 7.16. The quantitative estimate of drug-likeness (QED) is 0.340. The van der Waals surface area contributed by atoms with E-state index < -0.39 is 5.69 Å². The Hall–Kier alpha value is -3.88. The first-order chi connectivity index (χ1) is 18.5. The van der Waals surface area contributed by atoms with Crippen LogP contribution in [0.25, 0.3) is 10.9 Å². The van der Waals surface area contributed by atoms with E-state index in [1.54, 1.807) is 48.5 Å². The van der Waals surface area contributed by atoms with Gasteiger partial charge < -0.3 is 15.2 Å². The SMILES string of the molecule is O=C(NCCCN1CCN(c2cccc(Cl)c2)CC1)c1ccc(Cn2c(=O)[nH]c3ccccc3c2=O)cc1. The smallest absolute Gasteiger partial charge is 0.329 e. The van der Waals surface area contributed by atoms with Crippen LogP contribution in [0.15, 0.2) is 82.4 Å². The minimum atomic E-state index is -0.457. The van der Waals surface area contributed by atoms with Crippen LogP contribution in [-0.2, 0) is 6.54 Å². The number of carbonyl (C=O) groups excluding carboxylic acids is 1. The van der Waals surface area contributed by atoms with Crippen molar-refractivity contribution in [1.29, 1.82) is 0 Å². The summed E-state index contributed by atoms with van der Waals surface area (Å²) in [5, 5.41) is 4.21. The van der Waals surface area contributed by atoms with Crippen molar-refractivity contribution in [3.05, 3.63) is 110 Å². The molecule has 0 saturated carbocycles. The van der Waals surface area contributed by atoms with Crippen LogP contribution in [0.3, 0.4) is 0 Å². The minimum Gasteiger partial charge on any atom is -0.369 e. The van der Waals surface area contributed by atoms with E-state index >= 15 is 0 Å². The van der Waals surface area contributed by atoms with Crippen LogP contribution in [0.1, 0.15) is 22.3 Å². The van der Waals surface area contributed by atoms with Crippen molar-refractivity contribution in [1.82, 2.24) is 19.8 Å². The van der Waals surface area contributed by atoms with Crippen molar-refractivity contribution in [2.75, 3.05) is 44.2 Å². The molecule has 1 saturated heterocycles. The first kappa shape index (κ1) is 25.8. The van der Waals surface area contributed by atoms with Gasteiger partial charge in [-0.05, 0) is 61.0 Å². The topological polar surface area (TPSA) is 90.4 Å². The highest BCUT2D eigenvalue weighted by molar-refractivity contribution is 6.30. The zero-order valence-corrected chi connectivity index (χ0v) is 21.8. The number of amides is 1. The number of aromatic nitrogens is 2. The number of nitrogens with one attached hydrogen (secondary N) is 2. The summed E-state index contributed by atoms with van der Waals surface area (Å²) in [5.41, 5.74) is 2.19. The molecule has 5 rings (SSSR count). The number of benzene rings is 3. The van der Waals surface area contributed by atoms with E-state index in [1.165, 1.54) is 4.57 Å². The van der Waals surface area contributed by atoms with Crippen LogP contribution in [0.4, 0.5) is 5.69 Å². The lowest BCUT2D eigenvalue weighted by atomic mass is 10.1. The van der Waals surface area contributed by atoms with Crippen molar-refractivity contribution in [2.24, 2.45) is 0 Å². The average Bonchev–Trinajstić information content (AvgIpc) is 2.94. The van der Waals surface area contributed by atoms with Gasteiger partial charge in [-0.2, -0.15) is 0 Å². The van der Waals surface area contributed by atoms with E-state index in [9.17, 15) is 14.4 Å². The molecule has 0 aliphatic carbocycles. The summed E-state index contributed by atoms with van der Waals surface area (Å²) in [5.74, 6) is -0.136.